The van der Waals surface area contributed by atoms with Crippen molar-refractivity contribution in [1.29, 1.82) is 5.26 Å². The highest BCUT2D eigenvalue weighted by atomic mass is 127. The zero-order chi connectivity index (χ0) is 15.5. The standard InChI is InChI=1S/C14H10FIN2O2S/c15-11-3-6-14(13(16)9-11)18-21(19,20)12-4-1-10(2-5-12)7-8-17/h1-6,9,18H,7H2. The quantitative estimate of drug-likeness (QED) is 0.778. The molecule has 0 aliphatic heterocycles. The molecule has 7 heteroatoms. The summed E-state index contributed by atoms with van der Waals surface area (Å²) in [5, 5.41) is 8.58. The second-order valence-corrected chi connectivity index (χ2v) is 7.05. The predicted molar refractivity (Wildman–Crippen MR) is 85.7 cm³/mol. The lowest BCUT2D eigenvalue weighted by Crippen LogP contribution is -2.13. The van der Waals surface area contributed by atoms with Crippen molar-refractivity contribution in [2.45, 2.75) is 11.3 Å². The Morgan fingerprint density at radius 1 is 1.19 bits per heavy atom. The van der Waals surface area contributed by atoms with E-state index >= 15 is 0 Å². The molecule has 0 heterocycles. The molecule has 4 nitrogen and oxygen atoms in total. The molecule has 0 saturated carbocycles. The zero-order valence-corrected chi connectivity index (χ0v) is 13.7. The molecule has 108 valence electrons. The van der Waals surface area contributed by atoms with Gasteiger partial charge in [0.1, 0.15) is 5.82 Å². The van der Waals surface area contributed by atoms with E-state index < -0.39 is 15.8 Å². The minimum absolute atomic E-state index is 0.0873. The van der Waals surface area contributed by atoms with Gasteiger partial charge >= 0.3 is 0 Å². The number of rotatable bonds is 4. The lowest BCUT2D eigenvalue weighted by molar-refractivity contribution is 0.601. The molecule has 0 fully saturated rings. The van der Waals surface area contributed by atoms with Crippen LogP contribution in [0, 0.1) is 20.7 Å². The molecule has 0 amide bonds. The lowest BCUT2D eigenvalue weighted by atomic mass is 10.2. The highest BCUT2D eigenvalue weighted by Gasteiger charge is 2.15. The van der Waals surface area contributed by atoms with Gasteiger partial charge in [-0.25, -0.2) is 12.8 Å². The molecule has 0 bridgehead atoms. The largest absolute Gasteiger partial charge is 0.279 e. The number of nitriles is 1. The van der Waals surface area contributed by atoms with Crippen LogP contribution in [0.3, 0.4) is 0 Å². The summed E-state index contributed by atoms with van der Waals surface area (Å²) in [7, 11) is -3.74. The molecule has 0 aromatic heterocycles. The number of anilines is 1. The summed E-state index contributed by atoms with van der Waals surface area (Å²) in [4.78, 5) is 0.0873. The maximum atomic E-state index is 13.0. The van der Waals surface area contributed by atoms with Gasteiger partial charge < -0.3 is 0 Å². The fourth-order valence-corrected chi connectivity index (χ4v) is 3.53. The Balaban J connectivity index is 2.27. The fraction of sp³-hybridized carbons (Fsp3) is 0.0714. The van der Waals surface area contributed by atoms with Crippen molar-refractivity contribution in [2.24, 2.45) is 0 Å². The average molecular weight is 416 g/mol. The highest BCUT2D eigenvalue weighted by Crippen LogP contribution is 2.22. The Bertz CT molecular complexity index is 799. The number of hydrogen-bond donors (Lipinski definition) is 1. The molecular weight excluding hydrogens is 406 g/mol. The Kier molecular flexibility index (Phi) is 4.80. The van der Waals surface area contributed by atoms with Gasteiger partial charge in [-0.1, -0.05) is 12.1 Å². The third kappa shape index (κ3) is 3.92. The predicted octanol–water partition coefficient (Wildman–Crippen LogP) is 3.30. The third-order valence-electron chi connectivity index (χ3n) is 2.69. The highest BCUT2D eigenvalue weighted by molar-refractivity contribution is 14.1. The van der Waals surface area contributed by atoms with Gasteiger partial charge in [0.2, 0.25) is 0 Å². The second kappa shape index (κ2) is 6.41. The van der Waals surface area contributed by atoms with Crippen LogP contribution in [0.1, 0.15) is 5.56 Å². The van der Waals surface area contributed by atoms with Crippen LogP contribution in [0.5, 0.6) is 0 Å². The van der Waals surface area contributed by atoms with E-state index in [1.807, 2.05) is 28.7 Å². The molecule has 0 atom stereocenters. The molecule has 0 aliphatic rings. The van der Waals surface area contributed by atoms with Gasteiger partial charge in [0.25, 0.3) is 10.0 Å². The van der Waals surface area contributed by atoms with E-state index in [1.165, 1.54) is 30.3 Å². The first-order valence-corrected chi connectivity index (χ1v) is 8.42. The maximum Gasteiger partial charge on any atom is 0.261 e. The summed E-state index contributed by atoms with van der Waals surface area (Å²) >= 11 is 1.86. The average Bonchev–Trinajstić information content (AvgIpc) is 2.43. The van der Waals surface area contributed by atoms with Gasteiger partial charge in [0, 0.05) is 3.57 Å². The normalized spacial score (nSPS) is 10.9. The van der Waals surface area contributed by atoms with Crippen LogP contribution in [0.25, 0.3) is 0 Å². The van der Waals surface area contributed by atoms with Crippen LogP contribution < -0.4 is 4.72 Å². The van der Waals surface area contributed by atoms with E-state index in [9.17, 15) is 12.8 Å². The van der Waals surface area contributed by atoms with Crippen molar-refractivity contribution < 1.29 is 12.8 Å². The molecule has 0 spiro atoms. The van der Waals surface area contributed by atoms with Crippen molar-refractivity contribution in [1.82, 2.24) is 0 Å². The molecule has 2 rings (SSSR count). The minimum Gasteiger partial charge on any atom is -0.279 e. The number of benzene rings is 2. The topological polar surface area (TPSA) is 70.0 Å². The van der Waals surface area contributed by atoms with Crippen molar-refractivity contribution in [3.8, 4) is 6.07 Å². The summed E-state index contributed by atoms with van der Waals surface area (Å²) < 4.78 is 40.4. The first kappa shape index (κ1) is 15.7. The van der Waals surface area contributed by atoms with Crippen LogP contribution in [0.2, 0.25) is 0 Å². The van der Waals surface area contributed by atoms with Gasteiger partial charge in [-0.2, -0.15) is 5.26 Å². The SMILES string of the molecule is N#CCc1ccc(S(=O)(=O)Nc2ccc(F)cc2I)cc1. The van der Waals surface area contributed by atoms with E-state index in [2.05, 4.69) is 4.72 Å². The van der Waals surface area contributed by atoms with Crippen molar-refractivity contribution >= 4 is 38.3 Å². The molecular formula is C14H10FIN2O2S. The van der Waals surface area contributed by atoms with E-state index in [-0.39, 0.29) is 11.3 Å². The molecule has 2 aromatic carbocycles. The number of nitrogens with one attached hydrogen (secondary N) is 1. The Hall–Kier alpha value is -1.66. The maximum absolute atomic E-state index is 13.0. The second-order valence-electron chi connectivity index (χ2n) is 4.21. The van der Waals surface area contributed by atoms with Gasteiger partial charge in [-0.3, -0.25) is 4.72 Å². The molecule has 2 aromatic rings. The van der Waals surface area contributed by atoms with Crippen LogP contribution >= 0.6 is 22.6 Å². The van der Waals surface area contributed by atoms with E-state index in [0.717, 1.165) is 5.56 Å². The van der Waals surface area contributed by atoms with Gasteiger partial charge in [0.15, 0.2) is 0 Å². The summed E-state index contributed by atoms with van der Waals surface area (Å²) in [5.74, 6) is -0.428. The summed E-state index contributed by atoms with van der Waals surface area (Å²) in [5.41, 5.74) is 1.06. The zero-order valence-electron chi connectivity index (χ0n) is 10.7. The first-order chi connectivity index (χ1) is 9.92. The van der Waals surface area contributed by atoms with Crippen molar-refractivity contribution in [2.75, 3.05) is 4.72 Å². The summed E-state index contributed by atoms with van der Waals surface area (Å²) in [6, 6.07) is 11.9. The third-order valence-corrected chi connectivity index (χ3v) is 4.97. The summed E-state index contributed by atoms with van der Waals surface area (Å²) in [6.45, 7) is 0. The van der Waals surface area contributed by atoms with Gasteiger partial charge in [0.05, 0.1) is 23.1 Å². The van der Waals surface area contributed by atoms with Crippen LogP contribution in [-0.4, -0.2) is 8.42 Å². The van der Waals surface area contributed by atoms with E-state index in [4.69, 9.17) is 5.26 Å². The minimum atomic E-state index is -3.74. The smallest absolute Gasteiger partial charge is 0.261 e. The van der Waals surface area contributed by atoms with E-state index in [1.54, 1.807) is 12.1 Å². The first-order valence-electron chi connectivity index (χ1n) is 5.86. The van der Waals surface area contributed by atoms with Crippen LogP contribution in [-0.2, 0) is 16.4 Å². The van der Waals surface area contributed by atoms with Crippen LogP contribution in [0.15, 0.2) is 47.4 Å². The van der Waals surface area contributed by atoms with Gasteiger partial charge in [-0.15, -0.1) is 0 Å². The van der Waals surface area contributed by atoms with Gasteiger partial charge in [-0.05, 0) is 58.5 Å². The number of hydrogen-bond acceptors (Lipinski definition) is 3. The molecule has 0 unspecified atom stereocenters. The number of sulfonamides is 1. The van der Waals surface area contributed by atoms with Crippen molar-refractivity contribution in [3.05, 3.63) is 57.4 Å². The Morgan fingerprint density at radius 3 is 2.43 bits per heavy atom. The Morgan fingerprint density at radius 2 is 1.86 bits per heavy atom. The number of halogens is 2. The lowest BCUT2D eigenvalue weighted by Gasteiger charge is -2.10. The van der Waals surface area contributed by atoms with Crippen molar-refractivity contribution in [3.63, 3.8) is 0 Å². The molecule has 0 aliphatic carbocycles. The monoisotopic (exact) mass is 416 g/mol. The molecule has 1 N–H and O–H groups in total. The molecule has 0 saturated heterocycles. The van der Waals surface area contributed by atoms with E-state index in [0.29, 0.717) is 9.26 Å². The van der Waals surface area contributed by atoms with Crippen LogP contribution in [0.4, 0.5) is 10.1 Å². The molecule has 0 radical (unpaired) electrons. The number of nitrogens with zero attached hydrogens (tertiary/aromatic N) is 1. The summed E-state index contributed by atoms with van der Waals surface area (Å²) in [6.07, 6.45) is 0.226. The Labute approximate surface area is 135 Å². The molecule has 21 heavy (non-hydrogen) atoms. The fourth-order valence-electron chi connectivity index (χ4n) is 1.65.